The second kappa shape index (κ2) is 9.57. The summed E-state index contributed by atoms with van der Waals surface area (Å²) in [5, 5.41) is 5.51. The number of primary amides is 1. The van der Waals surface area contributed by atoms with Crippen LogP contribution in [0, 0.1) is 0 Å². The molecule has 0 aliphatic heterocycles. The molecule has 7 nitrogen and oxygen atoms in total. The van der Waals surface area contributed by atoms with Crippen LogP contribution in [0.5, 0.6) is 0 Å². The third-order valence-electron chi connectivity index (χ3n) is 3.06. The van der Waals surface area contributed by atoms with Crippen molar-refractivity contribution in [1.29, 1.82) is 0 Å². The van der Waals surface area contributed by atoms with Crippen molar-refractivity contribution in [1.82, 2.24) is 10.6 Å². The van der Waals surface area contributed by atoms with Gasteiger partial charge in [-0.05, 0) is 24.6 Å². The average molecular weight is 354 g/mol. The fourth-order valence-electron chi connectivity index (χ4n) is 1.90. The largest absolute Gasteiger partial charge is 0.452 e. The zero-order valence-electron chi connectivity index (χ0n) is 13.3. The Labute approximate surface area is 145 Å². The lowest BCUT2D eigenvalue weighted by molar-refractivity contribution is -0.155. The molecule has 2 atom stereocenters. The molecule has 4 N–H and O–H groups in total. The molecule has 0 aromatic heterocycles. The van der Waals surface area contributed by atoms with Crippen molar-refractivity contribution in [2.45, 2.75) is 25.5 Å². The molecule has 130 valence electrons. The molecule has 0 aliphatic rings. The maximum Gasteiger partial charge on any atom is 0.312 e. The number of hydrogen-bond donors (Lipinski definition) is 3. The van der Waals surface area contributed by atoms with Gasteiger partial charge in [-0.25, -0.2) is 4.79 Å². The van der Waals surface area contributed by atoms with Crippen LogP contribution in [0.25, 0.3) is 0 Å². The van der Waals surface area contributed by atoms with Crippen molar-refractivity contribution < 1.29 is 19.1 Å². The van der Waals surface area contributed by atoms with E-state index in [-0.39, 0.29) is 13.0 Å². The van der Waals surface area contributed by atoms with E-state index in [4.69, 9.17) is 22.1 Å². The van der Waals surface area contributed by atoms with Crippen LogP contribution in [0.3, 0.4) is 0 Å². The fourth-order valence-corrected chi connectivity index (χ4v) is 2.03. The van der Waals surface area contributed by atoms with Gasteiger partial charge in [0.1, 0.15) is 0 Å². The van der Waals surface area contributed by atoms with Crippen LogP contribution in [0.2, 0.25) is 5.02 Å². The van der Waals surface area contributed by atoms with E-state index in [1.807, 2.05) is 0 Å². The average Bonchev–Trinajstić information content (AvgIpc) is 2.52. The smallest absolute Gasteiger partial charge is 0.312 e. The zero-order chi connectivity index (χ0) is 18.1. The molecule has 0 spiro atoms. The Bertz CT molecular complexity index is 604. The number of carbonyl (C=O) groups excluding carboxylic acids is 3. The number of halogens is 1. The first-order chi connectivity index (χ1) is 11.3. The summed E-state index contributed by atoms with van der Waals surface area (Å²) >= 11 is 5.82. The first-order valence-electron chi connectivity index (χ1n) is 7.23. The number of urea groups is 1. The maximum absolute atomic E-state index is 12.0. The minimum absolute atomic E-state index is 0.177. The SMILES string of the molecule is C=CCNC(=O)[C@@H](C)OC(=O)C[C@H](NC(N)=O)c1ccc(Cl)cc1. The zero-order valence-corrected chi connectivity index (χ0v) is 14.0. The van der Waals surface area contributed by atoms with Crippen molar-refractivity contribution >= 4 is 29.5 Å². The molecule has 3 amide bonds. The number of amides is 3. The molecule has 0 bridgehead atoms. The molecule has 0 fully saturated rings. The quantitative estimate of drug-likeness (QED) is 0.487. The van der Waals surface area contributed by atoms with Crippen molar-refractivity contribution in [3.63, 3.8) is 0 Å². The molecule has 8 heteroatoms. The Morgan fingerprint density at radius 3 is 2.50 bits per heavy atom. The Hall–Kier alpha value is -2.54. The standard InChI is InChI=1S/C16H20ClN3O4/c1-3-8-19-15(22)10(2)24-14(21)9-13(20-16(18)23)11-4-6-12(17)7-5-11/h3-7,10,13H,1,8-9H2,2H3,(H,19,22)(H3,18,20,23)/t10-,13+/m1/s1. The Morgan fingerprint density at radius 1 is 1.33 bits per heavy atom. The predicted octanol–water partition coefficient (Wildman–Crippen LogP) is 1.67. The van der Waals surface area contributed by atoms with E-state index in [9.17, 15) is 14.4 Å². The van der Waals surface area contributed by atoms with Gasteiger partial charge in [0.2, 0.25) is 0 Å². The Balaban J connectivity index is 2.70. The highest BCUT2D eigenvalue weighted by molar-refractivity contribution is 6.30. The molecule has 1 rings (SSSR count). The monoisotopic (exact) mass is 353 g/mol. The minimum Gasteiger partial charge on any atom is -0.452 e. The van der Waals surface area contributed by atoms with Gasteiger partial charge in [-0.2, -0.15) is 0 Å². The molecular weight excluding hydrogens is 334 g/mol. The number of nitrogens with two attached hydrogens (primary N) is 1. The molecule has 0 heterocycles. The van der Waals surface area contributed by atoms with E-state index in [1.54, 1.807) is 24.3 Å². The summed E-state index contributed by atoms with van der Waals surface area (Å²) in [5.74, 6) is -1.08. The summed E-state index contributed by atoms with van der Waals surface area (Å²) in [5.41, 5.74) is 5.78. The first-order valence-corrected chi connectivity index (χ1v) is 7.60. The molecule has 0 saturated carbocycles. The predicted molar refractivity (Wildman–Crippen MR) is 90.3 cm³/mol. The lowest BCUT2D eigenvalue weighted by atomic mass is 10.0. The van der Waals surface area contributed by atoms with Gasteiger partial charge >= 0.3 is 12.0 Å². The van der Waals surface area contributed by atoms with Gasteiger partial charge in [0.15, 0.2) is 6.10 Å². The van der Waals surface area contributed by atoms with Crippen LogP contribution in [0.1, 0.15) is 24.9 Å². The summed E-state index contributed by atoms with van der Waals surface area (Å²) < 4.78 is 5.06. The van der Waals surface area contributed by atoms with Crippen molar-refractivity contribution in [3.8, 4) is 0 Å². The number of benzene rings is 1. The molecule has 1 aromatic carbocycles. The van der Waals surface area contributed by atoms with Gasteiger partial charge in [-0.15, -0.1) is 6.58 Å². The number of nitrogens with one attached hydrogen (secondary N) is 2. The van der Waals surface area contributed by atoms with Crippen LogP contribution in [-0.2, 0) is 14.3 Å². The molecule has 0 unspecified atom stereocenters. The topological polar surface area (TPSA) is 111 Å². The summed E-state index contributed by atoms with van der Waals surface area (Å²) in [6, 6.07) is 5.12. The van der Waals surface area contributed by atoms with E-state index in [0.717, 1.165) is 0 Å². The van der Waals surface area contributed by atoms with Crippen LogP contribution < -0.4 is 16.4 Å². The summed E-state index contributed by atoms with van der Waals surface area (Å²) in [6.07, 6.45) is 0.376. The van der Waals surface area contributed by atoms with Gasteiger partial charge in [-0.3, -0.25) is 9.59 Å². The normalized spacial score (nSPS) is 12.6. The summed E-state index contributed by atoms with van der Waals surface area (Å²) in [7, 11) is 0. The molecule has 0 radical (unpaired) electrons. The highest BCUT2D eigenvalue weighted by atomic mass is 35.5. The van der Waals surface area contributed by atoms with E-state index >= 15 is 0 Å². The second-order valence-corrected chi connectivity index (χ2v) is 5.42. The van der Waals surface area contributed by atoms with E-state index in [1.165, 1.54) is 13.0 Å². The van der Waals surface area contributed by atoms with Crippen molar-refractivity contribution in [2.24, 2.45) is 5.73 Å². The van der Waals surface area contributed by atoms with Crippen LogP contribution in [-0.4, -0.2) is 30.6 Å². The van der Waals surface area contributed by atoms with Crippen molar-refractivity contribution in [3.05, 3.63) is 47.5 Å². The lowest BCUT2D eigenvalue weighted by Gasteiger charge is -2.19. The van der Waals surface area contributed by atoms with Crippen LogP contribution in [0.15, 0.2) is 36.9 Å². The Morgan fingerprint density at radius 2 is 1.96 bits per heavy atom. The van der Waals surface area contributed by atoms with Gasteiger partial charge in [0, 0.05) is 11.6 Å². The first kappa shape index (κ1) is 19.5. The number of ether oxygens (including phenoxy) is 1. The highest BCUT2D eigenvalue weighted by Crippen LogP contribution is 2.20. The number of carbonyl (C=O) groups is 3. The lowest BCUT2D eigenvalue weighted by Crippen LogP contribution is -2.38. The summed E-state index contributed by atoms with van der Waals surface area (Å²) in [4.78, 5) is 34.8. The third kappa shape index (κ3) is 6.70. The maximum atomic E-state index is 12.0. The molecule has 1 aromatic rings. The van der Waals surface area contributed by atoms with Gasteiger partial charge in [-0.1, -0.05) is 29.8 Å². The Kier molecular flexibility index (Phi) is 7.77. The van der Waals surface area contributed by atoms with Crippen LogP contribution >= 0.6 is 11.6 Å². The van der Waals surface area contributed by atoms with Gasteiger partial charge < -0.3 is 21.1 Å². The molecule has 0 saturated heterocycles. The minimum atomic E-state index is -0.961. The van der Waals surface area contributed by atoms with Gasteiger partial charge in [0.05, 0.1) is 12.5 Å². The molecule has 0 aliphatic carbocycles. The highest BCUT2D eigenvalue weighted by Gasteiger charge is 2.22. The molecular formula is C16H20ClN3O4. The van der Waals surface area contributed by atoms with E-state index in [0.29, 0.717) is 10.6 Å². The second-order valence-electron chi connectivity index (χ2n) is 4.98. The van der Waals surface area contributed by atoms with Crippen LogP contribution in [0.4, 0.5) is 4.79 Å². The fraction of sp³-hybridized carbons (Fsp3) is 0.312. The molecule has 24 heavy (non-hydrogen) atoms. The van der Waals surface area contributed by atoms with E-state index in [2.05, 4.69) is 17.2 Å². The number of esters is 1. The van der Waals surface area contributed by atoms with Gasteiger partial charge in [0.25, 0.3) is 5.91 Å². The van der Waals surface area contributed by atoms with Crippen molar-refractivity contribution in [2.75, 3.05) is 6.54 Å². The number of rotatable bonds is 8. The summed E-state index contributed by atoms with van der Waals surface area (Å²) in [6.45, 7) is 5.20. The third-order valence-corrected chi connectivity index (χ3v) is 3.31. The number of hydrogen-bond acceptors (Lipinski definition) is 4. The van der Waals surface area contributed by atoms with E-state index < -0.39 is 30.1 Å².